The van der Waals surface area contributed by atoms with Crippen LogP contribution in [0.1, 0.15) is 11.4 Å². The molecular weight excluding hydrogens is 510 g/mol. The van der Waals surface area contributed by atoms with E-state index in [0.29, 0.717) is 22.4 Å². The number of nitro groups is 1. The van der Waals surface area contributed by atoms with Crippen molar-refractivity contribution in [3.8, 4) is 5.69 Å². The molecule has 5 rings (SSSR count). The van der Waals surface area contributed by atoms with E-state index in [1.54, 1.807) is 34.9 Å². The molecule has 0 fully saturated rings. The number of non-ortho nitro benzene ring substituents is 1. The van der Waals surface area contributed by atoms with Gasteiger partial charge in [0.2, 0.25) is 10.0 Å². The average molecular weight is 532 g/mol. The van der Waals surface area contributed by atoms with Crippen LogP contribution >= 0.6 is 11.8 Å². The van der Waals surface area contributed by atoms with Crippen molar-refractivity contribution >= 4 is 38.2 Å². The van der Waals surface area contributed by atoms with Gasteiger partial charge in [-0.3, -0.25) is 14.7 Å². The number of aromatic nitrogens is 3. The van der Waals surface area contributed by atoms with Gasteiger partial charge in [0.1, 0.15) is 0 Å². The molecule has 0 aliphatic carbocycles. The molecule has 0 aliphatic rings. The van der Waals surface area contributed by atoms with Crippen LogP contribution in [0.2, 0.25) is 0 Å². The lowest BCUT2D eigenvalue weighted by Gasteiger charge is -2.12. The Balaban J connectivity index is 1.43. The van der Waals surface area contributed by atoms with Crippen LogP contribution in [0.4, 0.5) is 5.69 Å². The van der Waals surface area contributed by atoms with Gasteiger partial charge in [0.15, 0.2) is 11.0 Å². The second-order valence-corrected chi connectivity index (χ2v) is 10.8. The van der Waals surface area contributed by atoms with Crippen molar-refractivity contribution in [1.29, 1.82) is 0 Å². The zero-order chi connectivity index (χ0) is 25.8. The molecule has 0 spiro atoms. The molecule has 0 aliphatic heterocycles. The van der Waals surface area contributed by atoms with Gasteiger partial charge in [-0.1, -0.05) is 72.4 Å². The van der Waals surface area contributed by atoms with Gasteiger partial charge in [0, 0.05) is 23.6 Å². The van der Waals surface area contributed by atoms with Gasteiger partial charge < -0.3 is 0 Å². The highest BCUT2D eigenvalue weighted by molar-refractivity contribution is 7.98. The highest BCUT2D eigenvalue weighted by Crippen LogP contribution is 2.27. The minimum absolute atomic E-state index is 0.0473. The first kappa shape index (κ1) is 24.6. The lowest BCUT2D eigenvalue weighted by molar-refractivity contribution is -0.384. The van der Waals surface area contributed by atoms with Gasteiger partial charge in [-0.2, -0.15) is 0 Å². The number of nitrogens with zero attached hydrogens (tertiary/aromatic N) is 4. The van der Waals surface area contributed by atoms with Crippen LogP contribution in [0.15, 0.2) is 107 Å². The average Bonchev–Trinajstić information content (AvgIpc) is 3.34. The number of hydrogen-bond donors (Lipinski definition) is 1. The van der Waals surface area contributed by atoms with E-state index in [0.717, 1.165) is 16.3 Å². The van der Waals surface area contributed by atoms with Crippen LogP contribution in [-0.2, 0) is 22.3 Å². The van der Waals surface area contributed by atoms with Crippen LogP contribution in [-0.4, -0.2) is 28.1 Å². The summed E-state index contributed by atoms with van der Waals surface area (Å²) < 4.78 is 30.5. The number of sulfonamides is 1. The van der Waals surface area contributed by atoms with E-state index in [4.69, 9.17) is 0 Å². The molecule has 1 aromatic heterocycles. The topological polar surface area (TPSA) is 120 Å². The summed E-state index contributed by atoms with van der Waals surface area (Å²) in [5.41, 5.74) is 1.63. The summed E-state index contributed by atoms with van der Waals surface area (Å²) in [6, 6.07) is 28.3. The molecule has 0 bridgehead atoms. The Morgan fingerprint density at radius 3 is 2.30 bits per heavy atom. The predicted octanol–water partition coefficient (Wildman–Crippen LogP) is 5.10. The molecule has 5 aromatic rings. The van der Waals surface area contributed by atoms with Crippen molar-refractivity contribution in [3.05, 3.63) is 119 Å². The molecule has 0 radical (unpaired) electrons. The molecule has 0 unspecified atom stereocenters. The Hall–Kier alpha value is -4.06. The van der Waals surface area contributed by atoms with Crippen molar-refractivity contribution in [2.75, 3.05) is 0 Å². The zero-order valence-electron chi connectivity index (χ0n) is 19.4. The number of nitrogens with one attached hydrogen (secondary N) is 1. The fourth-order valence-electron chi connectivity index (χ4n) is 3.79. The minimum Gasteiger partial charge on any atom is -0.273 e. The molecule has 186 valence electrons. The molecule has 37 heavy (non-hydrogen) atoms. The Morgan fingerprint density at radius 2 is 1.57 bits per heavy atom. The first-order chi connectivity index (χ1) is 17.9. The lowest BCUT2D eigenvalue weighted by Crippen LogP contribution is -2.25. The molecule has 11 heteroatoms. The third kappa shape index (κ3) is 5.53. The largest absolute Gasteiger partial charge is 0.273 e. The SMILES string of the molecule is O=[N+]([O-])c1ccc(-n2c(CNS(=O)(=O)c3ccc4ccccc4c3)nnc2SCc2ccccc2)cc1. The maximum Gasteiger partial charge on any atom is 0.269 e. The molecule has 9 nitrogen and oxygen atoms in total. The summed E-state index contributed by atoms with van der Waals surface area (Å²) in [6.45, 7) is -0.120. The zero-order valence-corrected chi connectivity index (χ0v) is 21.0. The van der Waals surface area contributed by atoms with Gasteiger partial charge in [-0.25, -0.2) is 13.1 Å². The summed E-state index contributed by atoms with van der Waals surface area (Å²) >= 11 is 1.44. The highest BCUT2D eigenvalue weighted by Gasteiger charge is 2.20. The van der Waals surface area contributed by atoms with Crippen molar-refractivity contribution in [1.82, 2.24) is 19.5 Å². The third-order valence-electron chi connectivity index (χ3n) is 5.68. The summed E-state index contributed by atoms with van der Waals surface area (Å²) in [5.74, 6) is 0.975. The number of rotatable bonds is 9. The quantitative estimate of drug-likeness (QED) is 0.160. The van der Waals surface area contributed by atoms with Crippen LogP contribution in [0.5, 0.6) is 0 Å². The molecule has 0 saturated heterocycles. The minimum atomic E-state index is -3.84. The van der Waals surface area contributed by atoms with Gasteiger partial charge in [-0.15, -0.1) is 10.2 Å². The van der Waals surface area contributed by atoms with E-state index in [9.17, 15) is 18.5 Å². The lowest BCUT2D eigenvalue weighted by atomic mass is 10.1. The van der Waals surface area contributed by atoms with Crippen LogP contribution in [0.3, 0.4) is 0 Å². The Bertz CT molecular complexity index is 1670. The summed E-state index contributed by atoms with van der Waals surface area (Å²) in [5, 5.41) is 21.9. The highest BCUT2D eigenvalue weighted by atomic mass is 32.2. The third-order valence-corrected chi connectivity index (χ3v) is 8.08. The van der Waals surface area contributed by atoms with Crippen LogP contribution in [0, 0.1) is 10.1 Å². The number of benzene rings is 4. The molecule has 0 atom stereocenters. The van der Waals surface area contributed by atoms with Gasteiger partial charge in [0.25, 0.3) is 5.69 Å². The fourth-order valence-corrected chi connectivity index (χ4v) is 5.73. The van der Waals surface area contributed by atoms with E-state index < -0.39 is 14.9 Å². The first-order valence-corrected chi connectivity index (χ1v) is 13.7. The molecule has 1 N–H and O–H groups in total. The Labute approximate surface area is 217 Å². The second kappa shape index (κ2) is 10.5. The van der Waals surface area contributed by atoms with E-state index in [2.05, 4.69) is 14.9 Å². The number of fused-ring (bicyclic) bond motifs is 1. The summed E-state index contributed by atoms with van der Waals surface area (Å²) in [4.78, 5) is 10.8. The van der Waals surface area contributed by atoms with Crippen molar-refractivity contribution in [2.45, 2.75) is 22.3 Å². The first-order valence-electron chi connectivity index (χ1n) is 11.2. The van der Waals surface area contributed by atoms with Gasteiger partial charge >= 0.3 is 0 Å². The normalized spacial score (nSPS) is 11.6. The molecule has 1 heterocycles. The second-order valence-electron chi connectivity index (χ2n) is 8.12. The Kier molecular flexibility index (Phi) is 6.99. The van der Waals surface area contributed by atoms with E-state index >= 15 is 0 Å². The van der Waals surface area contributed by atoms with Crippen LogP contribution in [0.25, 0.3) is 16.5 Å². The standard InChI is InChI=1S/C26H21N5O4S2/c32-31(33)23-13-11-22(12-14-23)30-25(28-29-26(30)36-18-19-6-2-1-3-7-19)17-27-37(34,35)24-15-10-20-8-4-5-9-21(20)16-24/h1-16,27H,17-18H2. The van der Waals surface area contributed by atoms with Gasteiger partial charge in [-0.05, 0) is 40.6 Å². The molecule has 0 amide bonds. The summed E-state index contributed by atoms with van der Waals surface area (Å²) in [7, 11) is -3.84. The number of nitro benzene ring substituents is 1. The summed E-state index contributed by atoms with van der Waals surface area (Å²) in [6.07, 6.45) is 0. The number of hydrogen-bond acceptors (Lipinski definition) is 7. The van der Waals surface area contributed by atoms with E-state index in [1.807, 2.05) is 54.6 Å². The van der Waals surface area contributed by atoms with E-state index in [-0.39, 0.29) is 17.1 Å². The monoisotopic (exact) mass is 531 g/mol. The maximum absolute atomic E-state index is 13.1. The van der Waals surface area contributed by atoms with Crippen LogP contribution < -0.4 is 4.72 Å². The maximum atomic E-state index is 13.1. The van der Waals surface area contributed by atoms with Crippen molar-refractivity contribution in [2.24, 2.45) is 0 Å². The molecule has 4 aromatic carbocycles. The van der Waals surface area contributed by atoms with Crippen molar-refractivity contribution < 1.29 is 13.3 Å². The number of thioether (sulfide) groups is 1. The van der Waals surface area contributed by atoms with Crippen molar-refractivity contribution in [3.63, 3.8) is 0 Å². The van der Waals surface area contributed by atoms with E-state index in [1.165, 1.54) is 23.9 Å². The fraction of sp³-hybridized carbons (Fsp3) is 0.0769. The molecule has 0 saturated carbocycles. The Morgan fingerprint density at radius 1 is 0.865 bits per heavy atom. The predicted molar refractivity (Wildman–Crippen MR) is 142 cm³/mol. The molecular formula is C26H21N5O4S2. The van der Waals surface area contributed by atoms with Gasteiger partial charge in [0.05, 0.1) is 16.4 Å². The smallest absolute Gasteiger partial charge is 0.269 e.